The van der Waals surface area contributed by atoms with E-state index in [0.717, 1.165) is 62.8 Å². The van der Waals surface area contributed by atoms with Crippen LogP contribution in [0.1, 0.15) is 59.4 Å². The Balaban J connectivity index is 1.18. The number of carbonyl (C=O) groups excluding carboxylic acids is 1. The number of aromatic nitrogens is 2. The molecule has 35 heavy (non-hydrogen) atoms. The molecule has 2 aliphatic rings. The van der Waals surface area contributed by atoms with E-state index in [1.165, 1.54) is 12.5 Å². The Kier molecular flexibility index (Phi) is 8.18. The Morgan fingerprint density at radius 2 is 2.17 bits per heavy atom. The molecule has 1 fully saturated rings. The van der Waals surface area contributed by atoms with Gasteiger partial charge in [0, 0.05) is 25.3 Å². The van der Waals surface area contributed by atoms with E-state index in [4.69, 9.17) is 21.3 Å². The Morgan fingerprint density at radius 3 is 2.94 bits per heavy atom. The van der Waals surface area contributed by atoms with E-state index < -0.39 is 29.3 Å². The first-order valence-corrected chi connectivity index (χ1v) is 12.4. The molecular weight excluding hydrogens is 475 g/mol. The highest BCUT2D eigenvalue weighted by atomic mass is 35.5. The predicted octanol–water partition coefficient (Wildman–Crippen LogP) is 3.94. The number of amides is 1. The zero-order valence-corrected chi connectivity index (χ0v) is 20.4. The first-order chi connectivity index (χ1) is 16.8. The number of anilines is 1. The Morgan fingerprint density at radius 1 is 1.37 bits per heavy atom. The van der Waals surface area contributed by atoms with Gasteiger partial charge in [0.05, 0.1) is 28.6 Å². The molecule has 0 saturated heterocycles. The van der Waals surface area contributed by atoms with E-state index in [1.54, 1.807) is 0 Å². The monoisotopic (exact) mass is 504 g/mol. The second-order valence-corrected chi connectivity index (χ2v) is 9.62. The minimum Gasteiger partial charge on any atom is -0.480 e. The number of ether oxygens (including phenoxy) is 1. The summed E-state index contributed by atoms with van der Waals surface area (Å²) in [6.45, 7) is 2.69. The van der Waals surface area contributed by atoms with Crippen LogP contribution in [0.2, 0.25) is 5.02 Å². The molecule has 3 heterocycles. The lowest BCUT2D eigenvalue weighted by Crippen LogP contribution is -2.42. The number of fused-ring (bicyclic) bond motifs is 1. The van der Waals surface area contributed by atoms with Crippen molar-refractivity contribution >= 4 is 29.3 Å². The van der Waals surface area contributed by atoms with E-state index in [9.17, 15) is 19.1 Å². The number of nitrogens with zero attached hydrogens (tertiary/aromatic N) is 2. The lowest BCUT2D eigenvalue weighted by Gasteiger charge is -2.35. The maximum atomic E-state index is 14.0. The van der Waals surface area contributed by atoms with Crippen molar-refractivity contribution in [2.75, 3.05) is 18.5 Å². The number of hydrogen-bond donors (Lipinski definition) is 3. The fourth-order valence-electron chi connectivity index (χ4n) is 4.52. The van der Waals surface area contributed by atoms with Gasteiger partial charge in [-0.25, -0.2) is 14.2 Å². The van der Waals surface area contributed by atoms with Gasteiger partial charge in [0.15, 0.2) is 5.82 Å². The molecule has 3 N–H and O–H groups in total. The van der Waals surface area contributed by atoms with E-state index in [-0.39, 0.29) is 29.8 Å². The molecule has 1 aliphatic carbocycles. The second-order valence-electron chi connectivity index (χ2n) is 9.24. The topological polar surface area (TPSA) is 113 Å². The second kappa shape index (κ2) is 11.3. The number of rotatable bonds is 10. The Labute approximate surface area is 208 Å². The summed E-state index contributed by atoms with van der Waals surface area (Å²) in [5.74, 6) is -1.43. The van der Waals surface area contributed by atoms with Crippen LogP contribution in [0.3, 0.4) is 0 Å². The summed E-state index contributed by atoms with van der Waals surface area (Å²) >= 11 is 6.00. The first-order valence-electron chi connectivity index (χ1n) is 12.0. The normalized spacial score (nSPS) is 19.7. The van der Waals surface area contributed by atoms with Gasteiger partial charge in [0.25, 0.3) is 5.91 Å². The maximum absolute atomic E-state index is 14.0. The lowest BCUT2D eigenvalue weighted by atomic mass is 9.79. The molecule has 188 valence electrons. The van der Waals surface area contributed by atoms with Crippen molar-refractivity contribution in [2.24, 2.45) is 5.92 Å². The molecule has 0 bridgehead atoms. The minimum absolute atomic E-state index is 0.0671. The molecule has 10 heteroatoms. The highest BCUT2D eigenvalue weighted by molar-refractivity contribution is 6.34. The maximum Gasteiger partial charge on any atom is 0.326 e. The molecule has 4 rings (SSSR count). The van der Waals surface area contributed by atoms with Crippen LogP contribution < -0.4 is 10.6 Å². The fourth-order valence-corrected chi connectivity index (χ4v) is 4.74. The van der Waals surface area contributed by atoms with E-state index >= 15 is 0 Å². The van der Waals surface area contributed by atoms with Gasteiger partial charge >= 0.3 is 5.97 Å². The largest absolute Gasteiger partial charge is 0.480 e. The molecule has 8 nitrogen and oxygen atoms in total. The number of carboxylic acid groups (broad SMARTS) is 1. The first kappa shape index (κ1) is 25.3. The van der Waals surface area contributed by atoms with Gasteiger partial charge in [-0.1, -0.05) is 17.7 Å². The van der Waals surface area contributed by atoms with Crippen LogP contribution in [-0.2, 0) is 22.4 Å². The number of pyridine rings is 2. The zero-order valence-electron chi connectivity index (χ0n) is 19.7. The van der Waals surface area contributed by atoms with Gasteiger partial charge in [-0.3, -0.25) is 9.78 Å². The van der Waals surface area contributed by atoms with Crippen molar-refractivity contribution in [3.8, 4) is 0 Å². The van der Waals surface area contributed by atoms with Gasteiger partial charge in [-0.15, -0.1) is 0 Å². The van der Waals surface area contributed by atoms with Crippen molar-refractivity contribution in [1.29, 1.82) is 0 Å². The SMILES string of the molecule is Cc1ncc(F)c(C(=O)N[C@@H](CCO[C@H]2C[C@@H](CCc3ccc4c(n3)NCCC4)C2)C(=O)O)c1Cl. The third-order valence-corrected chi connectivity index (χ3v) is 7.15. The number of aryl methyl sites for hydroxylation is 3. The van der Waals surface area contributed by atoms with Crippen molar-refractivity contribution in [2.45, 2.75) is 64.0 Å². The molecule has 1 amide bonds. The number of nitrogens with one attached hydrogen (secondary N) is 2. The van der Waals surface area contributed by atoms with Crippen LogP contribution in [-0.4, -0.2) is 52.2 Å². The molecule has 1 aliphatic heterocycles. The molecule has 1 saturated carbocycles. The van der Waals surface area contributed by atoms with Gasteiger partial charge in [0.1, 0.15) is 11.9 Å². The molecule has 0 aromatic carbocycles. The van der Waals surface area contributed by atoms with Gasteiger partial charge in [-0.2, -0.15) is 0 Å². The molecule has 0 unspecified atom stereocenters. The van der Waals surface area contributed by atoms with Crippen molar-refractivity contribution in [1.82, 2.24) is 15.3 Å². The summed E-state index contributed by atoms with van der Waals surface area (Å²) in [6, 6.07) is 3.07. The van der Waals surface area contributed by atoms with Crippen LogP contribution in [0.5, 0.6) is 0 Å². The molecule has 0 spiro atoms. The fraction of sp³-hybridized carbons (Fsp3) is 0.520. The van der Waals surface area contributed by atoms with Crippen molar-refractivity contribution in [3.63, 3.8) is 0 Å². The van der Waals surface area contributed by atoms with Crippen LogP contribution in [0, 0.1) is 18.7 Å². The van der Waals surface area contributed by atoms with Gasteiger partial charge in [0.2, 0.25) is 0 Å². The van der Waals surface area contributed by atoms with E-state index in [0.29, 0.717) is 5.92 Å². The number of carbonyl (C=O) groups is 2. The Hall–Kier alpha value is -2.78. The van der Waals surface area contributed by atoms with Crippen molar-refractivity contribution in [3.05, 3.63) is 51.7 Å². The average Bonchev–Trinajstić information content (AvgIpc) is 2.81. The highest BCUT2D eigenvalue weighted by Gasteiger charge is 2.31. The molecular formula is C25H30ClFN4O4. The lowest BCUT2D eigenvalue weighted by molar-refractivity contribution is -0.140. The number of aliphatic carboxylic acids is 1. The molecule has 0 radical (unpaired) electrons. The third-order valence-electron chi connectivity index (χ3n) is 6.69. The number of halogens is 2. The van der Waals surface area contributed by atoms with Gasteiger partial charge in [-0.05, 0) is 63.0 Å². The highest BCUT2D eigenvalue weighted by Crippen LogP contribution is 2.34. The smallest absolute Gasteiger partial charge is 0.326 e. The predicted molar refractivity (Wildman–Crippen MR) is 129 cm³/mol. The summed E-state index contributed by atoms with van der Waals surface area (Å²) in [7, 11) is 0. The summed E-state index contributed by atoms with van der Waals surface area (Å²) in [4.78, 5) is 32.5. The average molecular weight is 505 g/mol. The number of hydrogen-bond acceptors (Lipinski definition) is 6. The van der Waals surface area contributed by atoms with Crippen LogP contribution in [0.15, 0.2) is 18.3 Å². The van der Waals surface area contributed by atoms with Crippen molar-refractivity contribution < 1.29 is 23.8 Å². The quantitative estimate of drug-likeness (QED) is 0.449. The number of carboxylic acids is 1. The van der Waals surface area contributed by atoms with Crippen LogP contribution in [0.25, 0.3) is 0 Å². The Bertz CT molecular complexity index is 1090. The minimum atomic E-state index is -1.22. The van der Waals surface area contributed by atoms with Gasteiger partial charge < -0.3 is 20.5 Å². The zero-order chi connectivity index (χ0) is 24.9. The van der Waals surface area contributed by atoms with E-state index in [2.05, 4.69) is 27.8 Å². The third kappa shape index (κ3) is 6.27. The summed E-state index contributed by atoms with van der Waals surface area (Å²) in [5.41, 5.74) is 2.27. The summed E-state index contributed by atoms with van der Waals surface area (Å²) < 4.78 is 19.9. The molecule has 2 aromatic rings. The molecule has 2 aromatic heterocycles. The summed E-state index contributed by atoms with van der Waals surface area (Å²) in [5, 5.41) is 15.0. The summed E-state index contributed by atoms with van der Waals surface area (Å²) in [6.07, 6.45) is 7.07. The molecule has 1 atom stereocenters. The standard InChI is InChI=1S/C25H30ClFN4O4/c1-14-22(26)21(19(27)13-29-14)24(32)31-20(25(33)34)8-10-35-18-11-15(12-18)4-6-17-7-5-16-3-2-9-28-23(16)30-17/h5,7,13,15,18,20H,2-4,6,8-12H2,1H3,(H,28,30)(H,31,32)(H,33,34)/t15-,18+,20-/m0/s1. The van der Waals surface area contributed by atoms with Crippen LogP contribution >= 0.6 is 11.6 Å². The van der Waals surface area contributed by atoms with Crippen LogP contribution in [0.4, 0.5) is 10.2 Å². The van der Waals surface area contributed by atoms with E-state index in [1.807, 2.05) is 0 Å².